The van der Waals surface area contributed by atoms with Crippen molar-refractivity contribution < 1.29 is 9.32 Å². The van der Waals surface area contributed by atoms with Gasteiger partial charge in [-0.05, 0) is 38.2 Å². The first-order chi connectivity index (χ1) is 14.7. The highest BCUT2D eigenvalue weighted by atomic mass is 16.5. The van der Waals surface area contributed by atoms with Gasteiger partial charge in [0.1, 0.15) is 6.54 Å². The Morgan fingerprint density at radius 1 is 1.13 bits per heavy atom. The van der Waals surface area contributed by atoms with Crippen molar-refractivity contribution in [2.75, 3.05) is 6.54 Å². The standard InChI is InChI=1S/C22H23N5O3/c28-20-12-11-18(17-9-5-2-6-10-17)25-27(20)15-19-24-22(30-26-19)21(29)23-14-13-16-7-3-1-4-8-16/h2,5-7,9-12H,1,3-4,8,13-15H2,(H,23,29). The Kier molecular flexibility index (Phi) is 6.12. The fourth-order valence-electron chi connectivity index (χ4n) is 3.41. The van der Waals surface area contributed by atoms with Crippen molar-refractivity contribution in [1.82, 2.24) is 25.2 Å². The number of hydrogen-bond acceptors (Lipinski definition) is 6. The van der Waals surface area contributed by atoms with Crippen LogP contribution in [-0.4, -0.2) is 32.4 Å². The van der Waals surface area contributed by atoms with Gasteiger partial charge in [-0.1, -0.05) is 47.1 Å². The predicted octanol–water partition coefficient (Wildman–Crippen LogP) is 2.96. The number of nitrogens with zero attached hydrogens (tertiary/aromatic N) is 4. The second-order valence-electron chi connectivity index (χ2n) is 7.21. The van der Waals surface area contributed by atoms with Crippen molar-refractivity contribution in [2.45, 2.75) is 38.6 Å². The molecule has 1 aromatic carbocycles. The molecule has 1 N–H and O–H groups in total. The Labute approximate surface area is 173 Å². The van der Waals surface area contributed by atoms with E-state index in [2.05, 4.69) is 26.6 Å². The topological polar surface area (TPSA) is 103 Å². The molecule has 30 heavy (non-hydrogen) atoms. The van der Waals surface area contributed by atoms with E-state index in [0.717, 1.165) is 24.8 Å². The van der Waals surface area contributed by atoms with Gasteiger partial charge in [-0.15, -0.1) is 0 Å². The molecule has 0 saturated heterocycles. The molecule has 0 saturated carbocycles. The zero-order chi connectivity index (χ0) is 20.8. The van der Waals surface area contributed by atoms with Gasteiger partial charge < -0.3 is 9.84 Å². The summed E-state index contributed by atoms with van der Waals surface area (Å²) in [6.45, 7) is 0.547. The zero-order valence-electron chi connectivity index (χ0n) is 16.6. The summed E-state index contributed by atoms with van der Waals surface area (Å²) in [6, 6.07) is 12.7. The number of hydrogen-bond donors (Lipinski definition) is 1. The van der Waals surface area contributed by atoms with Gasteiger partial charge in [0.15, 0.2) is 5.82 Å². The Bertz CT molecular complexity index is 1100. The maximum absolute atomic E-state index is 12.2. The van der Waals surface area contributed by atoms with Crippen LogP contribution in [0.25, 0.3) is 11.3 Å². The molecule has 1 amide bonds. The monoisotopic (exact) mass is 405 g/mol. The Balaban J connectivity index is 1.39. The van der Waals surface area contributed by atoms with Crippen molar-refractivity contribution >= 4 is 5.91 Å². The minimum Gasteiger partial charge on any atom is -0.348 e. The maximum atomic E-state index is 12.2. The molecule has 0 fully saturated rings. The van der Waals surface area contributed by atoms with E-state index in [0.29, 0.717) is 12.2 Å². The van der Waals surface area contributed by atoms with Gasteiger partial charge in [0.05, 0.1) is 5.69 Å². The lowest BCUT2D eigenvalue weighted by molar-refractivity contribution is 0.0910. The average molecular weight is 405 g/mol. The molecular formula is C22H23N5O3. The third-order valence-corrected chi connectivity index (χ3v) is 5.01. The number of amides is 1. The number of benzene rings is 1. The van der Waals surface area contributed by atoms with Crippen molar-refractivity contribution in [2.24, 2.45) is 0 Å². The largest absolute Gasteiger partial charge is 0.348 e. The molecule has 3 aromatic rings. The summed E-state index contributed by atoms with van der Waals surface area (Å²) < 4.78 is 6.32. The molecule has 154 valence electrons. The second-order valence-corrected chi connectivity index (χ2v) is 7.21. The first-order valence-corrected chi connectivity index (χ1v) is 10.1. The van der Waals surface area contributed by atoms with Crippen molar-refractivity contribution in [3.63, 3.8) is 0 Å². The fraction of sp³-hybridized carbons (Fsp3) is 0.318. The highest BCUT2D eigenvalue weighted by Crippen LogP contribution is 2.19. The van der Waals surface area contributed by atoms with E-state index in [9.17, 15) is 9.59 Å². The molecule has 2 aromatic heterocycles. The zero-order valence-corrected chi connectivity index (χ0v) is 16.6. The summed E-state index contributed by atoms with van der Waals surface area (Å²) in [5, 5.41) is 11.0. The molecule has 0 unspecified atom stereocenters. The Hall–Kier alpha value is -3.55. The highest BCUT2D eigenvalue weighted by Gasteiger charge is 2.16. The SMILES string of the molecule is O=C(NCCC1=CCCCC1)c1nc(Cn2nc(-c3ccccc3)ccc2=O)no1. The Morgan fingerprint density at radius 3 is 2.80 bits per heavy atom. The molecule has 0 aliphatic heterocycles. The van der Waals surface area contributed by atoms with Crippen LogP contribution in [0.2, 0.25) is 0 Å². The molecule has 4 rings (SSSR count). The van der Waals surface area contributed by atoms with Gasteiger partial charge in [-0.2, -0.15) is 10.1 Å². The summed E-state index contributed by atoms with van der Waals surface area (Å²) in [6.07, 6.45) is 7.77. The molecular weight excluding hydrogens is 382 g/mol. The summed E-state index contributed by atoms with van der Waals surface area (Å²) in [4.78, 5) is 28.5. The van der Waals surface area contributed by atoms with E-state index in [4.69, 9.17) is 4.52 Å². The smallest absolute Gasteiger partial charge is 0.316 e. The number of nitrogens with one attached hydrogen (secondary N) is 1. The molecule has 0 spiro atoms. The van der Waals surface area contributed by atoms with Crippen LogP contribution in [0.15, 0.2) is 63.4 Å². The molecule has 8 nitrogen and oxygen atoms in total. The lowest BCUT2D eigenvalue weighted by Crippen LogP contribution is -2.25. The molecule has 2 heterocycles. The van der Waals surface area contributed by atoms with E-state index < -0.39 is 5.91 Å². The number of allylic oxidation sites excluding steroid dienone is 1. The van der Waals surface area contributed by atoms with E-state index in [1.54, 1.807) is 6.07 Å². The Morgan fingerprint density at radius 2 is 2.00 bits per heavy atom. The first kappa shape index (κ1) is 19.8. The lowest BCUT2D eigenvalue weighted by Gasteiger charge is -2.12. The quantitative estimate of drug-likeness (QED) is 0.606. The van der Waals surface area contributed by atoms with Crippen LogP contribution in [0.5, 0.6) is 0 Å². The van der Waals surface area contributed by atoms with Crippen molar-refractivity contribution in [1.29, 1.82) is 0 Å². The minimum atomic E-state index is -0.413. The van der Waals surface area contributed by atoms with Gasteiger partial charge >= 0.3 is 11.8 Å². The maximum Gasteiger partial charge on any atom is 0.316 e. The van der Waals surface area contributed by atoms with Gasteiger partial charge in [0, 0.05) is 18.2 Å². The van der Waals surface area contributed by atoms with Crippen LogP contribution in [0.4, 0.5) is 0 Å². The van der Waals surface area contributed by atoms with Gasteiger partial charge in [-0.3, -0.25) is 9.59 Å². The van der Waals surface area contributed by atoms with Crippen molar-refractivity contribution in [3.8, 4) is 11.3 Å². The van der Waals surface area contributed by atoms with Gasteiger partial charge in [0.2, 0.25) is 0 Å². The summed E-state index contributed by atoms with van der Waals surface area (Å²) >= 11 is 0. The molecule has 0 bridgehead atoms. The highest BCUT2D eigenvalue weighted by molar-refractivity contribution is 5.89. The molecule has 0 radical (unpaired) electrons. The first-order valence-electron chi connectivity index (χ1n) is 10.1. The van der Waals surface area contributed by atoms with Crippen LogP contribution in [-0.2, 0) is 6.54 Å². The molecule has 8 heteroatoms. The van der Waals surface area contributed by atoms with Crippen LogP contribution in [0.3, 0.4) is 0 Å². The third-order valence-electron chi connectivity index (χ3n) is 5.01. The van der Waals surface area contributed by atoms with Gasteiger partial charge in [-0.25, -0.2) is 4.68 Å². The number of rotatable bonds is 7. The summed E-state index contributed by atoms with van der Waals surface area (Å²) in [5.74, 6) is -0.312. The van der Waals surface area contributed by atoms with Crippen LogP contribution >= 0.6 is 0 Å². The third kappa shape index (κ3) is 4.89. The minimum absolute atomic E-state index is 0.0170. The molecule has 1 aliphatic carbocycles. The van der Waals surface area contributed by atoms with E-state index in [1.165, 1.54) is 29.2 Å². The van der Waals surface area contributed by atoms with E-state index >= 15 is 0 Å². The molecule has 1 aliphatic rings. The average Bonchev–Trinajstić information content (AvgIpc) is 3.25. The summed E-state index contributed by atoms with van der Waals surface area (Å²) in [5.41, 5.74) is 2.66. The van der Waals surface area contributed by atoms with E-state index in [1.807, 2.05) is 30.3 Å². The number of carbonyl (C=O) groups excluding carboxylic acids is 1. The second kappa shape index (κ2) is 9.30. The summed E-state index contributed by atoms with van der Waals surface area (Å²) in [7, 11) is 0. The lowest BCUT2D eigenvalue weighted by atomic mass is 9.97. The van der Waals surface area contributed by atoms with E-state index in [-0.39, 0.29) is 23.8 Å². The normalized spacial score (nSPS) is 13.7. The van der Waals surface area contributed by atoms with Crippen LogP contribution in [0.1, 0.15) is 48.6 Å². The number of carbonyl (C=O) groups is 1. The molecule has 0 atom stereocenters. The van der Waals surface area contributed by atoms with Crippen LogP contribution < -0.4 is 10.9 Å². The number of aromatic nitrogens is 4. The predicted molar refractivity (Wildman–Crippen MR) is 111 cm³/mol. The van der Waals surface area contributed by atoms with Crippen molar-refractivity contribution in [3.05, 3.63) is 76.2 Å². The fourth-order valence-corrected chi connectivity index (χ4v) is 3.41. The van der Waals surface area contributed by atoms with Gasteiger partial charge in [0.25, 0.3) is 5.56 Å². The van der Waals surface area contributed by atoms with Crippen LogP contribution in [0, 0.1) is 0 Å².